The van der Waals surface area contributed by atoms with Crippen LogP contribution in [0.5, 0.6) is 0 Å². The molecule has 0 aromatic heterocycles. The Bertz CT molecular complexity index is 356. The summed E-state index contributed by atoms with van der Waals surface area (Å²) in [7, 11) is 0. The van der Waals surface area contributed by atoms with Gasteiger partial charge in [0.2, 0.25) is 0 Å². The highest BCUT2D eigenvalue weighted by atomic mass is 16.5. The second-order valence-corrected chi connectivity index (χ2v) is 4.08. The van der Waals surface area contributed by atoms with E-state index in [2.05, 4.69) is 13.5 Å². The maximum absolute atomic E-state index is 11.9. The van der Waals surface area contributed by atoms with Gasteiger partial charge >= 0.3 is 5.97 Å². The monoisotopic (exact) mass is 232 g/mol. The molecule has 0 heterocycles. The molecule has 0 fully saturated rings. The van der Waals surface area contributed by atoms with Gasteiger partial charge in [-0.2, -0.15) is 0 Å². The lowest BCUT2D eigenvalue weighted by Crippen LogP contribution is -2.22. The number of benzene rings is 1. The largest absolute Gasteiger partial charge is 0.466 e. The predicted octanol–water partition coefficient (Wildman–Crippen LogP) is 3.55. The zero-order valence-corrected chi connectivity index (χ0v) is 10.6. The van der Waals surface area contributed by atoms with E-state index < -0.39 is 0 Å². The van der Waals surface area contributed by atoms with E-state index in [0.29, 0.717) is 13.0 Å². The van der Waals surface area contributed by atoms with E-state index in [4.69, 9.17) is 4.74 Å². The number of carbonyl (C=O) groups is 1. The second-order valence-electron chi connectivity index (χ2n) is 4.08. The van der Waals surface area contributed by atoms with E-state index in [1.807, 2.05) is 37.3 Å². The van der Waals surface area contributed by atoms with Crippen LogP contribution in [0.3, 0.4) is 0 Å². The lowest BCUT2D eigenvalue weighted by molar-refractivity contribution is -0.148. The molecular formula is C15H20O2. The summed E-state index contributed by atoms with van der Waals surface area (Å²) in [5.41, 5.74) is 1.16. The third kappa shape index (κ3) is 3.74. The number of ether oxygens (including phenoxy) is 1. The van der Waals surface area contributed by atoms with Crippen molar-refractivity contribution in [2.75, 3.05) is 6.61 Å². The van der Waals surface area contributed by atoms with Crippen molar-refractivity contribution in [3.8, 4) is 0 Å². The van der Waals surface area contributed by atoms with E-state index >= 15 is 0 Å². The van der Waals surface area contributed by atoms with Crippen LogP contribution in [0.25, 0.3) is 0 Å². The number of hydrogen-bond donors (Lipinski definition) is 0. The fraction of sp³-hybridized carbons (Fsp3) is 0.400. The van der Waals surface area contributed by atoms with E-state index in [9.17, 15) is 4.79 Å². The molecule has 2 nitrogen and oxygen atoms in total. The average Bonchev–Trinajstić information content (AvgIpc) is 2.36. The molecule has 0 amide bonds. The van der Waals surface area contributed by atoms with Gasteiger partial charge in [0.1, 0.15) is 0 Å². The Morgan fingerprint density at radius 1 is 1.41 bits per heavy atom. The van der Waals surface area contributed by atoms with Crippen LogP contribution in [0.4, 0.5) is 0 Å². The number of hydrogen-bond acceptors (Lipinski definition) is 2. The minimum absolute atomic E-state index is 0.135. The molecule has 0 aliphatic heterocycles. The molecule has 0 radical (unpaired) electrons. The van der Waals surface area contributed by atoms with Gasteiger partial charge in [0, 0.05) is 0 Å². The zero-order valence-electron chi connectivity index (χ0n) is 10.6. The molecule has 1 aromatic carbocycles. The normalized spacial score (nSPS) is 13.8. The van der Waals surface area contributed by atoms with Crippen LogP contribution in [0, 0.1) is 5.92 Å². The van der Waals surface area contributed by atoms with Crippen LogP contribution in [-0.4, -0.2) is 12.6 Å². The molecule has 0 aliphatic rings. The highest BCUT2D eigenvalue weighted by molar-refractivity contribution is 5.73. The van der Waals surface area contributed by atoms with Gasteiger partial charge in [-0.05, 0) is 24.8 Å². The minimum atomic E-state index is -0.144. The summed E-state index contributed by atoms with van der Waals surface area (Å²) in [6.07, 6.45) is 2.43. The third-order valence-corrected chi connectivity index (χ3v) is 2.94. The lowest BCUT2D eigenvalue weighted by Gasteiger charge is -2.21. The van der Waals surface area contributed by atoms with Crippen molar-refractivity contribution < 1.29 is 9.53 Å². The van der Waals surface area contributed by atoms with Crippen LogP contribution < -0.4 is 0 Å². The molecule has 92 valence electrons. The summed E-state index contributed by atoms with van der Waals surface area (Å²) < 4.78 is 5.11. The van der Waals surface area contributed by atoms with Crippen molar-refractivity contribution >= 4 is 5.97 Å². The average molecular weight is 232 g/mol. The fourth-order valence-electron chi connectivity index (χ4n) is 1.92. The Hall–Kier alpha value is -1.57. The van der Waals surface area contributed by atoms with E-state index in [0.717, 1.165) is 5.56 Å². The smallest absolute Gasteiger partial charge is 0.309 e. The lowest BCUT2D eigenvalue weighted by atomic mass is 9.85. The first-order valence-corrected chi connectivity index (χ1v) is 6.03. The van der Waals surface area contributed by atoms with Crippen molar-refractivity contribution in [3.63, 3.8) is 0 Å². The summed E-state index contributed by atoms with van der Waals surface area (Å²) in [6.45, 7) is 8.02. The molecule has 17 heavy (non-hydrogen) atoms. The molecule has 0 aliphatic carbocycles. The van der Waals surface area contributed by atoms with Gasteiger partial charge in [-0.15, -0.1) is 6.58 Å². The molecule has 1 rings (SSSR count). The first kappa shape index (κ1) is 13.5. The fourth-order valence-corrected chi connectivity index (χ4v) is 1.92. The molecule has 0 bridgehead atoms. The minimum Gasteiger partial charge on any atom is -0.466 e. The van der Waals surface area contributed by atoms with E-state index in [1.54, 1.807) is 6.08 Å². The Morgan fingerprint density at radius 3 is 2.59 bits per heavy atom. The number of carbonyl (C=O) groups excluding carboxylic acids is 1. The first-order chi connectivity index (χ1) is 8.20. The van der Waals surface area contributed by atoms with Crippen LogP contribution >= 0.6 is 0 Å². The van der Waals surface area contributed by atoms with Crippen molar-refractivity contribution in [2.45, 2.75) is 26.2 Å². The third-order valence-electron chi connectivity index (χ3n) is 2.94. The topological polar surface area (TPSA) is 26.3 Å². The number of rotatable bonds is 6. The summed E-state index contributed by atoms with van der Waals surface area (Å²) in [4.78, 5) is 11.9. The first-order valence-electron chi connectivity index (χ1n) is 6.03. The van der Waals surface area contributed by atoms with Gasteiger partial charge in [-0.25, -0.2) is 0 Å². The SMILES string of the molecule is C=CC[C@H](C(=O)OCC)[C@@H](C)c1ccccc1. The molecule has 0 N–H and O–H groups in total. The van der Waals surface area contributed by atoms with Gasteiger partial charge in [0.05, 0.1) is 12.5 Å². The Kier molecular flexibility index (Phi) is 5.47. The number of allylic oxidation sites excluding steroid dienone is 1. The Balaban J connectivity index is 2.83. The molecule has 1 aromatic rings. The molecule has 0 unspecified atom stereocenters. The maximum atomic E-state index is 11.9. The van der Waals surface area contributed by atoms with Gasteiger partial charge in [-0.1, -0.05) is 43.3 Å². The van der Waals surface area contributed by atoms with Gasteiger partial charge < -0.3 is 4.74 Å². The van der Waals surface area contributed by atoms with Gasteiger partial charge in [0.25, 0.3) is 0 Å². The number of esters is 1. The van der Waals surface area contributed by atoms with Crippen LogP contribution in [0.2, 0.25) is 0 Å². The molecular weight excluding hydrogens is 212 g/mol. The summed E-state index contributed by atoms with van der Waals surface area (Å²) >= 11 is 0. The van der Waals surface area contributed by atoms with Crippen LogP contribution in [-0.2, 0) is 9.53 Å². The van der Waals surface area contributed by atoms with E-state index in [-0.39, 0.29) is 17.8 Å². The second kappa shape index (κ2) is 6.89. The quantitative estimate of drug-likeness (QED) is 0.554. The standard InChI is InChI=1S/C15H20O2/c1-4-9-14(15(16)17-5-2)12(3)13-10-7-6-8-11-13/h4,6-8,10-12,14H,1,5,9H2,2-3H3/t12-,14-/m0/s1. The summed E-state index contributed by atoms with van der Waals surface area (Å²) in [5, 5.41) is 0. The van der Waals surface area contributed by atoms with Gasteiger partial charge in [-0.3, -0.25) is 4.79 Å². The van der Waals surface area contributed by atoms with Crippen LogP contribution in [0.15, 0.2) is 43.0 Å². The highest BCUT2D eigenvalue weighted by Gasteiger charge is 2.26. The summed E-state index contributed by atoms with van der Waals surface area (Å²) in [5.74, 6) is -0.133. The maximum Gasteiger partial charge on any atom is 0.309 e. The Labute approximate surface area is 103 Å². The Morgan fingerprint density at radius 2 is 2.06 bits per heavy atom. The molecule has 2 heteroatoms. The molecule has 0 saturated heterocycles. The molecule has 0 saturated carbocycles. The summed E-state index contributed by atoms with van der Waals surface area (Å²) in [6, 6.07) is 10.0. The highest BCUT2D eigenvalue weighted by Crippen LogP contribution is 2.28. The van der Waals surface area contributed by atoms with Crippen molar-refractivity contribution in [1.29, 1.82) is 0 Å². The van der Waals surface area contributed by atoms with Gasteiger partial charge in [0.15, 0.2) is 0 Å². The molecule has 2 atom stereocenters. The molecule has 0 spiro atoms. The van der Waals surface area contributed by atoms with E-state index in [1.165, 1.54) is 0 Å². The zero-order chi connectivity index (χ0) is 12.7. The van der Waals surface area contributed by atoms with Crippen molar-refractivity contribution in [2.24, 2.45) is 5.92 Å². The van der Waals surface area contributed by atoms with Crippen molar-refractivity contribution in [3.05, 3.63) is 48.6 Å². The van der Waals surface area contributed by atoms with Crippen LogP contribution in [0.1, 0.15) is 31.7 Å². The van der Waals surface area contributed by atoms with Crippen molar-refractivity contribution in [1.82, 2.24) is 0 Å². The predicted molar refractivity (Wildman–Crippen MR) is 69.8 cm³/mol.